The second-order valence-electron chi connectivity index (χ2n) is 6.80. The Balaban J connectivity index is 2.01. The number of thiophene rings is 1. The molecule has 0 atom stereocenters. The fraction of sp³-hybridized carbons (Fsp3) is 0.733. The first-order chi connectivity index (χ1) is 7.94. The maximum atomic E-state index is 3.66. The molecular weight excluding hydrogens is 226 g/mol. The van der Waals surface area contributed by atoms with Crippen LogP contribution in [0.1, 0.15) is 45.4 Å². The van der Waals surface area contributed by atoms with E-state index in [1.165, 1.54) is 12.8 Å². The molecule has 0 aromatic carbocycles. The smallest absolute Gasteiger partial charge is 0.0182 e. The molecule has 1 fully saturated rings. The number of hydrogen-bond acceptors (Lipinski definition) is 2. The average molecular weight is 251 g/mol. The summed E-state index contributed by atoms with van der Waals surface area (Å²) in [5.74, 6) is 0.739. The molecule has 1 aromatic rings. The van der Waals surface area contributed by atoms with Gasteiger partial charge in [-0.1, -0.05) is 33.8 Å². The lowest BCUT2D eigenvalue weighted by Gasteiger charge is -2.53. The molecule has 0 aliphatic heterocycles. The van der Waals surface area contributed by atoms with Gasteiger partial charge < -0.3 is 5.32 Å². The van der Waals surface area contributed by atoms with Crippen molar-refractivity contribution >= 4 is 11.3 Å². The van der Waals surface area contributed by atoms with Gasteiger partial charge >= 0.3 is 0 Å². The fourth-order valence-corrected chi connectivity index (χ4v) is 4.27. The molecule has 0 spiro atoms. The van der Waals surface area contributed by atoms with Gasteiger partial charge in [0.05, 0.1) is 0 Å². The van der Waals surface area contributed by atoms with Gasteiger partial charge in [-0.15, -0.1) is 11.3 Å². The molecule has 0 unspecified atom stereocenters. The Morgan fingerprint density at radius 1 is 1.35 bits per heavy atom. The predicted molar refractivity (Wildman–Crippen MR) is 76.7 cm³/mol. The monoisotopic (exact) mass is 251 g/mol. The van der Waals surface area contributed by atoms with Crippen LogP contribution in [0, 0.1) is 11.3 Å². The fourth-order valence-electron chi connectivity index (χ4n) is 3.35. The molecule has 1 saturated carbocycles. The summed E-state index contributed by atoms with van der Waals surface area (Å²) in [6, 6.07) is 4.51. The van der Waals surface area contributed by atoms with Gasteiger partial charge in [0.25, 0.3) is 0 Å². The van der Waals surface area contributed by atoms with Gasteiger partial charge in [-0.3, -0.25) is 0 Å². The normalized spacial score (nSPS) is 21.5. The summed E-state index contributed by atoms with van der Waals surface area (Å²) in [5.41, 5.74) is 0.954. The Kier molecular flexibility index (Phi) is 3.65. The van der Waals surface area contributed by atoms with E-state index in [9.17, 15) is 0 Å². The second-order valence-corrected chi connectivity index (χ2v) is 7.75. The van der Waals surface area contributed by atoms with Gasteiger partial charge in [0.2, 0.25) is 0 Å². The molecule has 1 aliphatic rings. The standard InChI is InChI=1S/C15H25NS/c1-12(2)8-16-11-15(9-14(3,4)10-15)13-6-5-7-17-13/h5-7,12,16H,8-11H2,1-4H3. The summed E-state index contributed by atoms with van der Waals surface area (Å²) in [5, 5.41) is 5.87. The zero-order valence-electron chi connectivity index (χ0n) is 11.5. The van der Waals surface area contributed by atoms with Gasteiger partial charge in [0.1, 0.15) is 0 Å². The molecule has 1 aromatic heterocycles. The highest BCUT2D eigenvalue weighted by Gasteiger charge is 2.50. The molecule has 0 bridgehead atoms. The van der Waals surface area contributed by atoms with E-state index in [-0.39, 0.29) is 0 Å². The highest BCUT2D eigenvalue weighted by Crippen LogP contribution is 2.55. The van der Waals surface area contributed by atoms with E-state index in [0.29, 0.717) is 10.8 Å². The summed E-state index contributed by atoms with van der Waals surface area (Å²) >= 11 is 1.93. The van der Waals surface area contributed by atoms with Crippen LogP contribution < -0.4 is 5.32 Å². The first-order valence-electron chi connectivity index (χ1n) is 6.68. The SMILES string of the molecule is CC(C)CNCC1(c2cccs2)CC(C)(C)C1. The molecule has 1 heterocycles. The Labute approximate surface area is 110 Å². The van der Waals surface area contributed by atoms with E-state index >= 15 is 0 Å². The van der Waals surface area contributed by atoms with Crippen molar-refractivity contribution in [2.75, 3.05) is 13.1 Å². The van der Waals surface area contributed by atoms with E-state index in [1.807, 2.05) is 11.3 Å². The van der Waals surface area contributed by atoms with Crippen molar-refractivity contribution in [1.29, 1.82) is 0 Å². The summed E-state index contributed by atoms with van der Waals surface area (Å²) in [4.78, 5) is 1.58. The van der Waals surface area contributed by atoms with Crippen LogP contribution in [-0.4, -0.2) is 13.1 Å². The van der Waals surface area contributed by atoms with Crippen LogP contribution in [0.15, 0.2) is 17.5 Å². The molecule has 1 aliphatic carbocycles. The van der Waals surface area contributed by atoms with Crippen molar-refractivity contribution in [2.45, 2.75) is 46.0 Å². The lowest BCUT2D eigenvalue weighted by Crippen LogP contribution is -2.52. The van der Waals surface area contributed by atoms with Crippen molar-refractivity contribution in [1.82, 2.24) is 5.32 Å². The Morgan fingerprint density at radius 3 is 2.53 bits per heavy atom. The largest absolute Gasteiger partial charge is 0.316 e. The van der Waals surface area contributed by atoms with Crippen LogP contribution in [0.25, 0.3) is 0 Å². The number of nitrogens with one attached hydrogen (secondary N) is 1. The molecule has 17 heavy (non-hydrogen) atoms. The highest BCUT2D eigenvalue weighted by molar-refractivity contribution is 7.10. The highest BCUT2D eigenvalue weighted by atomic mass is 32.1. The molecule has 0 saturated heterocycles. The van der Waals surface area contributed by atoms with E-state index in [0.717, 1.165) is 19.0 Å². The topological polar surface area (TPSA) is 12.0 Å². The Bertz CT molecular complexity index is 343. The summed E-state index contributed by atoms with van der Waals surface area (Å²) in [6.45, 7) is 11.6. The summed E-state index contributed by atoms with van der Waals surface area (Å²) < 4.78 is 0. The van der Waals surface area contributed by atoms with Crippen LogP contribution in [0.2, 0.25) is 0 Å². The molecule has 0 amide bonds. The minimum absolute atomic E-state index is 0.423. The van der Waals surface area contributed by atoms with Gasteiger partial charge in [-0.05, 0) is 42.2 Å². The average Bonchev–Trinajstić information content (AvgIpc) is 2.66. The lowest BCUT2D eigenvalue weighted by atomic mass is 9.54. The van der Waals surface area contributed by atoms with E-state index in [2.05, 4.69) is 50.5 Å². The van der Waals surface area contributed by atoms with E-state index in [4.69, 9.17) is 0 Å². The first kappa shape index (κ1) is 13.1. The molecule has 1 N–H and O–H groups in total. The maximum absolute atomic E-state index is 3.66. The van der Waals surface area contributed by atoms with Crippen LogP contribution in [-0.2, 0) is 5.41 Å². The second kappa shape index (κ2) is 4.74. The third-order valence-corrected chi connectivity index (χ3v) is 4.81. The maximum Gasteiger partial charge on any atom is 0.0182 e. The third kappa shape index (κ3) is 2.92. The zero-order valence-corrected chi connectivity index (χ0v) is 12.4. The van der Waals surface area contributed by atoms with Gasteiger partial charge in [-0.2, -0.15) is 0 Å². The summed E-state index contributed by atoms with van der Waals surface area (Å²) in [7, 11) is 0. The molecule has 1 nitrogen and oxygen atoms in total. The van der Waals surface area contributed by atoms with Gasteiger partial charge in [0, 0.05) is 16.8 Å². The van der Waals surface area contributed by atoms with Crippen molar-refractivity contribution in [3.05, 3.63) is 22.4 Å². The van der Waals surface area contributed by atoms with Crippen LogP contribution in [0.3, 0.4) is 0 Å². The quantitative estimate of drug-likeness (QED) is 0.832. The Morgan fingerprint density at radius 2 is 2.06 bits per heavy atom. The molecular formula is C15H25NS. The van der Waals surface area contributed by atoms with Crippen molar-refractivity contribution in [3.63, 3.8) is 0 Å². The van der Waals surface area contributed by atoms with Crippen molar-refractivity contribution in [3.8, 4) is 0 Å². The van der Waals surface area contributed by atoms with Crippen molar-refractivity contribution in [2.24, 2.45) is 11.3 Å². The molecule has 2 rings (SSSR count). The Hall–Kier alpha value is -0.340. The van der Waals surface area contributed by atoms with Crippen molar-refractivity contribution < 1.29 is 0 Å². The lowest BCUT2D eigenvalue weighted by molar-refractivity contribution is 0.0586. The van der Waals surface area contributed by atoms with Gasteiger partial charge in [0.15, 0.2) is 0 Å². The minimum atomic E-state index is 0.423. The van der Waals surface area contributed by atoms with E-state index in [1.54, 1.807) is 4.88 Å². The first-order valence-corrected chi connectivity index (χ1v) is 7.56. The van der Waals surface area contributed by atoms with Gasteiger partial charge in [-0.25, -0.2) is 0 Å². The van der Waals surface area contributed by atoms with E-state index < -0.39 is 0 Å². The van der Waals surface area contributed by atoms with Crippen LogP contribution in [0.4, 0.5) is 0 Å². The minimum Gasteiger partial charge on any atom is -0.316 e. The third-order valence-electron chi connectivity index (χ3n) is 3.69. The molecule has 96 valence electrons. The number of hydrogen-bond donors (Lipinski definition) is 1. The predicted octanol–water partition coefficient (Wildman–Crippen LogP) is 4.05. The molecule has 2 heteroatoms. The summed E-state index contributed by atoms with van der Waals surface area (Å²) in [6.07, 6.45) is 2.65. The van der Waals surface area contributed by atoms with Crippen LogP contribution in [0.5, 0.6) is 0 Å². The molecule has 0 radical (unpaired) electrons. The van der Waals surface area contributed by atoms with Crippen LogP contribution >= 0.6 is 11.3 Å². The number of rotatable bonds is 5. The zero-order chi connectivity index (χ0) is 12.5.